The summed E-state index contributed by atoms with van der Waals surface area (Å²) in [6, 6.07) is 0. The van der Waals surface area contributed by atoms with Gasteiger partial charge < -0.3 is 108 Å². The fraction of sp³-hybridized carbons (Fsp3) is 0.615. The quantitative estimate of drug-likeness (QED) is 0.0193. The van der Waals surface area contributed by atoms with E-state index in [0.717, 1.165) is 0 Å². The molecule has 0 aliphatic rings. The Kier molecular flexibility index (Phi) is 56.7. The van der Waals surface area contributed by atoms with Crippen LogP contribution in [0.1, 0.15) is 0 Å². The van der Waals surface area contributed by atoms with Crippen molar-refractivity contribution in [3.63, 3.8) is 0 Å². The van der Waals surface area contributed by atoms with Crippen molar-refractivity contribution in [2.45, 2.75) is 19.6 Å². The van der Waals surface area contributed by atoms with Crippen LogP contribution in [-0.4, -0.2) is 202 Å². The summed E-state index contributed by atoms with van der Waals surface area (Å²) in [5, 5.41) is 31.9. The SMILES string of the molecule is [99Tc+4].[C-]#[O+].[C-]#[O+].[C-]#[O+].[CH-]=NCCOCCOCCOCCn1ccnc1[N+](=O)[O-].[CH-]=NCCOCCOCCOCCn1ccnc1[N+](=O)[O-].[CH-]=NCCOCCOCCOCCn1ccnc1[N+](=O)[O-]. The Balaban J connectivity index is -0.000000439. The summed E-state index contributed by atoms with van der Waals surface area (Å²) in [5.74, 6) is -0.552. The molecule has 30 nitrogen and oxygen atoms in total. The molecule has 0 atom stereocenters. The first-order valence-corrected chi connectivity index (χ1v) is 20.1. The molecule has 0 saturated carbocycles. The predicted octanol–water partition coefficient (Wildman–Crippen LogP) is 1.14. The van der Waals surface area contributed by atoms with Gasteiger partial charge in [0.25, 0.3) is 0 Å². The summed E-state index contributed by atoms with van der Waals surface area (Å²) in [4.78, 5) is 51.4. The molecule has 0 aromatic carbocycles. The van der Waals surface area contributed by atoms with Crippen molar-refractivity contribution in [1.82, 2.24) is 28.7 Å². The Bertz CT molecular complexity index is 1590. The summed E-state index contributed by atoms with van der Waals surface area (Å²) in [6.45, 7) is 38.9. The fourth-order valence-electron chi connectivity index (χ4n) is 4.41. The van der Waals surface area contributed by atoms with Gasteiger partial charge in [0.15, 0.2) is 0 Å². The number of hydrogen-bond acceptors (Lipinski definition) is 21. The maximum atomic E-state index is 10.6. The first-order chi connectivity index (χ1) is 33.8. The molecule has 3 aromatic heterocycles. The molecule has 3 rings (SSSR count). The number of aliphatic imine (C=N–C) groups is 3. The summed E-state index contributed by atoms with van der Waals surface area (Å²) < 4.78 is 74.1. The molecule has 3 heterocycles. The van der Waals surface area contributed by atoms with Gasteiger partial charge >= 0.3 is 71.9 Å². The van der Waals surface area contributed by atoms with Gasteiger partial charge in [-0.15, -0.1) is 0 Å². The molecule has 0 N–H and O–H groups in total. The van der Waals surface area contributed by atoms with E-state index in [9.17, 15) is 30.3 Å². The average molecular weight is 1080 g/mol. The van der Waals surface area contributed by atoms with Crippen LogP contribution in [0.5, 0.6) is 0 Å². The minimum atomic E-state index is -0.527. The van der Waals surface area contributed by atoms with Crippen LogP contribution in [0.25, 0.3) is 0 Å². The van der Waals surface area contributed by atoms with Gasteiger partial charge in [0.05, 0.1) is 139 Å². The third-order valence-electron chi connectivity index (χ3n) is 7.33. The standard InChI is InChI=1S/3C12H19N4O5.3CO.Tc/c3*1-13-3-6-19-8-10-21-11-9-20-7-5-15-4-2-14-12(15)16(17)18;3*1-2;/h3*1-2,4H,3,5-11H2;;;;/q3*-1;;;;+4/i;;;;;;1+1. The Morgan fingerprint density at radius 1 is 0.414 bits per heavy atom. The third kappa shape index (κ3) is 41.3. The number of rotatable bonds is 39. The molecule has 31 heteroatoms. The Morgan fingerprint density at radius 2 is 0.600 bits per heavy atom. The van der Waals surface area contributed by atoms with Gasteiger partial charge in [-0.1, -0.05) is 15.0 Å². The first-order valence-electron chi connectivity index (χ1n) is 20.1. The zero-order valence-electron chi connectivity index (χ0n) is 38.3. The van der Waals surface area contributed by atoms with E-state index in [0.29, 0.717) is 158 Å². The van der Waals surface area contributed by atoms with Gasteiger partial charge in [-0.05, 0) is 14.8 Å². The summed E-state index contributed by atoms with van der Waals surface area (Å²) in [7, 11) is 0. The second-order valence-electron chi connectivity index (χ2n) is 11.8. The van der Waals surface area contributed by atoms with Crippen molar-refractivity contribution < 1.29 is 91.5 Å². The van der Waals surface area contributed by atoms with Crippen molar-refractivity contribution in [3.8, 4) is 0 Å². The number of imidazole rings is 3. The van der Waals surface area contributed by atoms with E-state index in [1.807, 2.05) is 0 Å². The molecule has 70 heavy (non-hydrogen) atoms. The van der Waals surface area contributed by atoms with Gasteiger partial charge in [-0.2, -0.15) is 0 Å². The molecule has 0 unspecified atom stereocenters. The molecule has 0 fully saturated rings. The second kappa shape index (κ2) is 55.9. The van der Waals surface area contributed by atoms with E-state index >= 15 is 0 Å². The second-order valence-corrected chi connectivity index (χ2v) is 11.8. The molecule has 0 bridgehead atoms. The van der Waals surface area contributed by atoms with E-state index in [-0.39, 0.29) is 38.0 Å². The first kappa shape index (κ1) is 70.9. The smallest absolute Gasteiger partial charge is 0.434 e. The van der Waals surface area contributed by atoms with Crippen molar-refractivity contribution in [2.75, 3.05) is 139 Å². The van der Waals surface area contributed by atoms with E-state index in [2.05, 4.69) is 49.9 Å². The fourth-order valence-corrected chi connectivity index (χ4v) is 4.41. The van der Waals surface area contributed by atoms with Crippen LogP contribution in [0.3, 0.4) is 0 Å². The molecule has 1 radical (unpaired) electrons. The summed E-state index contributed by atoms with van der Waals surface area (Å²) in [6.07, 6.45) is 8.80. The number of hydrogen-bond donors (Lipinski definition) is 0. The van der Waals surface area contributed by atoms with Gasteiger partial charge in [0.1, 0.15) is 37.2 Å². The van der Waals surface area contributed by atoms with Gasteiger partial charge in [0.2, 0.25) is 0 Å². The van der Waals surface area contributed by atoms with Crippen LogP contribution in [-0.2, 0) is 96.3 Å². The zero-order chi connectivity index (χ0) is 52.0. The van der Waals surface area contributed by atoms with Crippen molar-refractivity contribution in [3.05, 3.63) is 87.5 Å². The molecule has 0 saturated heterocycles. The molecule has 0 amide bonds. The molecular weight excluding hydrogens is 1020 g/mol. The summed E-state index contributed by atoms with van der Waals surface area (Å²) in [5.41, 5.74) is 0. The molecule has 0 aliphatic heterocycles. The van der Waals surface area contributed by atoms with Crippen LogP contribution in [0.15, 0.2) is 52.2 Å². The number of nitrogens with zero attached hydrogens (tertiary/aromatic N) is 12. The van der Waals surface area contributed by atoms with Crippen LogP contribution in [0.2, 0.25) is 0 Å². The van der Waals surface area contributed by atoms with E-state index in [1.54, 1.807) is 18.6 Å². The van der Waals surface area contributed by atoms with Crippen LogP contribution < -0.4 is 0 Å². The minimum Gasteiger partial charge on any atom is -0.504 e. The van der Waals surface area contributed by atoms with Crippen LogP contribution in [0, 0.1) is 50.3 Å². The maximum absolute atomic E-state index is 10.6. The Labute approximate surface area is 417 Å². The van der Waals surface area contributed by atoms with Crippen LogP contribution >= 0.6 is 0 Å². The Hall–Kier alpha value is -5.65. The maximum Gasteiger partial charge on any atom is 0.434 e. The van der Waals surface area contributed by atoms with Gasteiger partial charge in [0, 0.05) is 19.6 Å². The molecular formula is C39H57N12O18Tc+. The molecule has 0 spiro atoms. The number of ether oxygens (including phenoxy) is 9. The van der Waals surface area contributed by atoms with Crippen LogP contribution in [0.4, 0.5) is 17.8 Å². The third-order valence-corrected chi connectivity index (χ3v) is 7.33. The molecule has 387 valence electrons. The van der Waals surface area contributed by atoms with Gasteiger partial charge in [-0.25, -0.2) is 13.7 Å². The zero-order valence-corrected chi connectivity index (χ0v) is 40.1. The average Bonchev–Trinajstić information content (AvgIpc) is 4.17. The largest absolute Gasteiger partial charge is 0.504 e. The molecule has 0 aliphatic carbocycles. The molecule has 3 aromatic rings. The van der Waals surface area contributed by atoms with Gasteiger partial charge in [-0.3, -0.25) is 0 Å². The predicted molar refractivity (Wildman–Crippen MR) is 236 cm³/mol. The van der Waals surface area contributed by atoms with Crippen molar-refractivity contribution in [2.24, 2.45) is 15.0 Å². The normalized spacial score (nSPS) is 9.69. The Morgan fingerprint density at radius 3 is 0.786 bits per heavy atom. The number of nitro groups is 3. The van der Waals surface area contributed by atoms with Crippen molar-refractivity contribution in [1.29, 1.82) is 0 Å². The number of aromatic nitrogens is 6. The topological polar surface area (TPSA) is 363 Å². The van der Waals surface area contributed by atoms with E-state index < -0.39 is 14.8 Å². The van der Waals surface area contributed by atoms with E-state index in [4.69, 9.17) is 76.7 Å². The van der Waals surface area contributed by atoms with Crippen molar-refractivity contribution >= 4 is 38.0 Å². The van der Waals surface area contributed by atoms with E-state index in [1.165, 1.54) is 32.3 Å². The monoisotopic (exact) mass is 1080 g/mol. The summed E-state index contributed by atoms with van der Waals surface area (Å²) >= 11 is 0. The minimum absolute atomic E-state index is 0.